The zero-order valence-electron chi connectivity index (χ0n) is 38.9. The van der Waals surface area contributed by atoms with Crippen LogP contribution in [0.25, 0.3) is 0 Å². The number of aliphatic hydroxyl groups excluding tert-OH is 3. The van der Waals surface area contributed by atoms with Crippen LogP contribution in [0.2, 0.25) is 0 Å². The van der Waals surface area contributed by atoms with E-state index >= 15 is 0 Å². The molecule has 0 aliphatic carbocycles. The standard InChI is InChI=1S/C53H101NO4/c1-3-5-7-9-11-13-15-17-19-20-21-22-23-24-25-26-27-28-29-30-31-32-34-36-38-40-42-44-46-48-52(57)53(58)54-50(49-55)51(56)47-45-43-41-39-37-35-33-18-16-14-12-10-8-6-4-2/h24-25,37,39,45,47,50-52,55-57H,3-23,26-36,38,40-44,46,48-49H2,1-2H3,(H,54,58)/b25-24-,39-37+,47-45+. The Hall–Kier alpha value is -1.43. The Kier molecular flexibility index (Phi) is 47.0. The van der Waals surface area contributed by atoms with Crippen molar-refractivity contribution in [3.8, 4) is 0 Å². The molecular weight excluding hydrogens is 715 g/mol. The molecule has 0 spiro atoms. The highest BCUT2D eigenvalue weighted by molar-refractivity contribution is 5.80. The number of aliphatic hydroxyl groups is 3. The van der Waals surface area contributed by atoms with Crippen molar-refractivity contribution in [1.82, 2.24) is 5.32 Å². The molecule has 4 N–H and O–H groups in total. The van der Waals surface area contributed by atoms with Crippen LogP contribution in [0.4, 0.5) is 0 Å². The van der Waals surface area contributed by atoms with Crippen LogP contribution in [-0.2, 0) is 4.79 Å². The second-order valence-electron chi connectivity index (χ2n) is 17.7. The van der Waals surface area contributed by atoms with Gasteiger partial charge in [-0.3, -0.25) is 4.79 Å². The first kappa shape index (κ1) is 56.6. The van der Waals surface area contributed by atoms with Crippen LogP contribution in [0.15, 0.2) is 36.5 Å². The second kappa shape index (κ2) is 48.2. The predicted molar refractivity (Wildman–Crippen MR) is 254 cm³/mol. The van der Waals surface area contributed by atoms with E-state index in [1.165, 1.54) is 212 Å². The van der Waals surface area contributed by atoms with E-state index < -0.39 is 24.2 Å². The SMILES string of the molecule is CCCCCCCCCCC/C=C/CC/C=C/C(O)C(CO)NC(=O)C(O)CCCCCCCCCCCCCCC/C=C\CCCCCCCCCCCCCC. The molecule has 0 saturated heterocycles. The molecule has 0 bridgehead atoms. The molecule has 5 heteroatoms. The number of carbonyl (C=O) groups is 1. The van der Waals surface area contributed by atoms with Crippen LogP contribution in [0.5, 0.6) is 0 Å². The molecular formula is C53H101NO4. The smallest absolute Gasteiger partial charge is 0.249 e. The summed E-state index contributed by atoms with van der Waals surface area (Å²) in [4.78, 5) is 12.5. The third-order valence-electron chi connectivity index (χ3n) is 12.0. The lowest BCUT2D eigenvalue weighted by Crippen LogP contribution is -2.48. The van der Waals surface area contributed by atoms with Crippen molar-refractivity contribution >= 4 is 5.91 Å². The van der Waals surface area contributed by atoms with Gasteiger partial charge in [-0.25, -0.2) is 0 Å². The van der Waals surface area contributed by atoms with E-state index in [2.05, 4.69) is 43.5 Å². The topological polar surface area (TPSA) is 89.8 Å². The molecule has 0 aromatic rings. The minimum Gasteiger partial charge on any atom is -0.394 e. The average molecular weight is 816 g/mol. The van der Waals surface area contributed by atoms with E-state index in [0.717, 1.165) is 38.5 Å². The van der Waals surface area contributed by atoms with E-state index in [9.17, 15) is 20.1 Å². The van der Waals surface area contributed by atoms with Crippen LogP contribution < -0.4 is 5.32 Å². The average Bonchev–Trinajstić information content (AvgIpc) is 3.23. The molecule has 0 radical (unpaired) electrons. The van der Waals surface area contributed by atoms with Gasteiger partial charge in [0.25, 0.3) is 0 Å². The predicted octanol–water partition coefficient (Wildman–Crippen LogP) is 15.5. The Balaban J connectivity index is 3.58. The van der Waals surface area contributed by atoms with Gasteiger partial charge in [0, 0.05) is 0 Å². The Morgan fingerprint density at radius 2 is 0.707 bits per heavy atom. The molecule has 0 rings (SSSR count). The summed E-state index contributed by atoms with van der Waals surface area (Å²) in [6, 6.07) is -0.813. The van der Waals surface area contributed by atoms with E-state index in [1.807, 2.05) is 6.08 Å². The number of unbranched alkanes of at least 4 members (excludes halogenated alkanes) is 35. The Morgan fingerprint density at radius 3 is 1.05 bits per heavy atom. The quantitative estimate of drug-likeness (QED) is 0.0364. The number of rotatable bonds is 47. The summed E-state index contributed by atoms with van der Waals surface area (Å²) in [5, 5.41) is 33.2. The van der Waals surface area contributed by atoms with Crippen LogP contribution in [0, 0.1) is 0 Å². The van der Waals surface area contributed by atoms with Gasteiger partial charge in [-0.15, -0.1) is 0 Å². The van der Waals surface area contributed by atoms with Crippen molar-refractivity contribution in [2.24, 2.45) is 0 Å². The Labute approximate surface area is 362 Å². The van der Waals surface area contributed by atoms with Crippen molar-refractivity contribution in [3.63, 3.8) is 0 Å². The van der Waals surface area contributed by atoms with Gasteiger partial charge in [0.2, 0.25) is 5.91 Å². The maximum atomic E-state index is 12.5. The first-order chi connectivity index (χ1) is 28.6. The lowest BCUT2D eigenvalue weighted by molar-refractivity contribution is -0.131. The summed E-state index contributed by atoms with van der Waals surface area (Å²) in [7, 11) is 0. The molecule has 1 amide bonds. The van der Waals surface area contributed by atoms with Crippen molar-refractivity contribution < 1.29 is 20.1 Å². The molecule has 3 unspecified atom stereocenters. The zero-order valence-corrected chi connectivity index (χ0v) is 38.9. The molecule has 0 aromatic carbocycles. The fourth-order valence-electron chi connectivity index (χ4n) is 7.90. The first-order valence-corrected chi connectivity index (χ1v) is 25.8. The highest BCUT2D eigenvalue weighted by atomic mass is 16.3. The van der Waals surface area contributed by atoms with Gasteiger partial charge in [0.1, 0.15) is 6.10 Å². The molecule has 58 heavy (non-hydrogen) atoms. The number of nitrogens with one attached hydrogen (secondary N) is 1. The maximum absolute atomic E-state index is 12.5. The molecule has 0 aromatic heterocycles. The highest BCUT2D eigenvalue weighted by Crippen LogP contribution is 2.16. The number of carbonyl (C=O) groups excluding carboxylic acids is 1. The molecule has 0 saturated carbocycles. The summed E-state index contributed by atoms with van der Waals surface area (Å²) < 4.78 is 0. The van der Waals surface area contributed by atoms with Crippen molar-refractivity contribution in [1.29, 1.82) is 0 Å². The van der Waals surface area contributed by atoms with E-state index in [-0.39, 0.29) is 6.61 Å². The first-order valence-electron chi connectivity index (χ1n) is 25.8. The third-order valence-corrected chi connectivity index (χ3v) is 12.0. The number of hydrogen-bond donors (Lipinski definition) is 4. The molecule has 0 fully saturated rings. The van der Waals surface area contributed by atoms with Gasteiger partial charge in [-0.05, 0) is 57.8 Å². The molecule has 0 aliphatic heterocycles. The number of hydrogen-bond acceptors (Lipinski definition) is 4. The molecule has 3 atom stereocenters. The van der Waals surface area contributed by atoms with Gasteiger partial charge in [-0.2, -0.15) is 0 Å². The normalized spacial score (nSPS) is 13.7. The van der Waals surface area contributed by atoms with Crippen molar-refractivity contribution in [3.05, 3.63) is 36.5 Å². The fourth-order valence-corrected chi connectivity index (χ4v) is 7.90. The maximum Gasteiger partial charge on any atom is 0.249 e. The fraction of sp³-hybridized carbons (Fsp3) is 0.868. The lowest BCUT2D eigenvalue weighted by Gasteiger charge is -2.21. The molecule has 342 valence electrons. The van der Waals surface area contributed by atoms with E-state index in [1.54, 1.807) is 6.08 Å². The largest absolute Gasteiger partial charge is 0.394 e. The van der Waals surface area contributed by atoms with Gasteiger partial charge >= 0.3 is 0 Å². The molecule has 0 heterocycles. The minimum absolute atomic E-state index is 0.375. The summed E-state index contributed by atoms with van der Waals surface area (Å²) in [5.74, 6) is -0.511. The van der Waals surface area contributed by atoms with Gasteiger partial charge in [0.15, 0.2) is 0 Å². The monoisotopic (exact) mass is 816 g/mol. The van der Waals surface area contributed by atoms with Crippen LogP contribution in [0.3, 0.4) is 0 Å². The molecule has 0 aliphatic rings. The summed E-state index contributed by atoms with van der Waals surface area (Å²) >= 11 is 0. The minimum atomic E-state index is -1.11. The van der Waals surface area contributed by atoms with E-state index in [4.69, 9.17) is 0 Å². The van der Waals surface area contributed by atoms with Crippen LogP contribution in [0.1, 0.15) is 271 Å². The summed E-state index contributed by atoms with van der Waals surface area (Å²) in [6.45, 7) is 4.18. The molecule has 5 nitrogen and oxygen atoms in total. The van der Waals surface area contributed by atoms with Gasteiger partial charge in [0.05, 0.1) is 18.8 Å². The number of allylic oxidation sites excluding steroid dienone is 5. The van der Waals surface area contributed by atoms with Gasteiger partial charge in [-0.1, -0.05) is 249 Å². The third kappa shape index (κ3) is 42.7. The Morgan fingerprint density at radius 1 is 0.414 bits per heavy atom. The van der Waals surface area contributed by atoms with Crippen LogP contribution in [-0.4, -0.2) is 46.1 Å². The van der Waals surface area contributed by atoms with Gasteiger partial charge < -0.3 is 20.6 Å². The summed E-state index contributed by atoms with van der Waals surface area (Å²) in [6.07, 6.45) is 62.1. The van der Waals surface area contributed by atoms with Crippen LogP contribution >= 0.6 is 0 Å². The summed E-state index contributed by atoms with van der Waals surface area (Å²) in [5.41, 5.74) is 0. The van der Waals surface area contributed by atoms with Crippen molar-refractivity contribution in [2.75, 3.05) is 6.61 Å². The number of amides is 1. The highest BCUT2D eigenvalue weighted by Gasteiger charge is 2.22. The zero-order chi connectivity index (χ0) is 42.3. The second-order valence-corrected chi connectivity index (χ2v) is 17.7. The lowest BCUT2D eigenvalue weighted by atomic mass is 10.0. The Bertz CT molecular complexity index is 901. The van der Waals surface area contributed by atoms with Crippen molar-refractivity contribution in [2.45, 2.75) is 289 Å². The van der Waals surface area contributed by atoms with E-state index in [0.29, 0.717) is 6.42 Å².